The van der Waals surface area contributed by atoms with Gasteiger partial charge in [0.1, 0.15) is 5.75 Å². The summed E-state index contributed by atoms with van der Waals surface area (Å²) in [7, 11) is 0. The topological polar surface area (TPSA) is 38.8 Å². The van der Waals surface area contributed by atoms with E-state index in [0.29, 0.717) is 32.7 Å². The molecule has 0 bridgehead atoms. The highest BCUT2D eigenvalue weighted by molar-refractivity contribution is 5.81. The van der Waals surface area contributed by atoms with E-state index in [0.717, 1.165) is 5.75 Å². The van der Waals surface area contributed by atoms with E-state index in [4.69, 9.17) is 9.47 Å². The number of nitrogens with zero attached hydrogens (tertiary/aromatic N) is 1. The van der Waals surface area contributed by atoms with Crippen molar-refractivity contribution >= 4 is 5.91 Å². The van der Waals surface area contributed by atoms with Gasteiger partial charge in [0, 0.05) is 13.1 Å². The Morgan fingerprint density at radius 3 is 2.60 bits per heavy atom. The average Bonchev–Trinajstić information content (AvgIpc) is 2.48. The number of aryl methyl sites for hydroxylation is 2. The van der Waals surface area contributed by atoms with Crippen molar-refractivity contribution in [1.82, 2.24) is 4.90 Å². The highest BCUT2D eigenvalue weighted by Gasteiger charge is 2.26. The SMILES string of the molecule is CC[C@H](Oc1ccc(C)c(C)c1)C(=O)N1CCOCC1. The molecule has 0 saturated carbocycles. The van der Waals surface area contributed by atoms with Crippen LogP contribution in [0.4, 0.5) is 0 Å². The minimum atomic E-state index is -0.407. The molecule has 0 N–H and O–H groups in total. The molecule has 4 nitrogen and oxygen atoms in total. The highest BCUT2D eigenvalue weighted by Crippen LogP contribution is 2.19. The lowest BCUT2D eigenvalue weighted by atomic mass is 10.1. The second kappa shape index (κ2) is 6.75. The number of rotatable bonds is 4. The van der Waals surface area contributed by atoms with Crippen LogP contribution in [0.2, 0.25) is 0 Å². The van der Waals surface area contributed by atoms with Crippen molar-refractivity contribution in [1.29, 1.82) is 0 Å². The van der Waals surface area contributed by atoms with Crippen LogP contribution in [0, 0.1) is 13.8 Å². The second-order valence-electron chi connectivity index (χ2n) is 5.20. The maximum absolute atomic E-state index is 12.4. The van der Waals surface area contributed by atoms with Gasteiger partial charge in [-0.3, -0.25) is 4.79 Å². The molecule has 20 heavy (non-hydrogen) atoms. The fourth-order valence-electron chi connectivity index (χ4n) is 2.25. The van der Waals surface area contributed by atoms with E-state index in [-0.39, 0.29) is 5.91 Å². The predicted molar refractivity (Wildman–Crippen MR) is 78.0 cm³/mol. The normalized spacial score (nSPS) is 16.9. The Hall–Kier alpha value is -1.55. The van der Waals surface area contributed by atoms with Gasteiger partial charge in [0.25, 0.3) is 5.91 Å². The van der Waals surface area contributed by atoms with Crippen molar-refractivity contribution in [3.8, 4) is 5.75 Å². The van der Waals surface area contributed by atoms with Gasteiger partial charge in [-0.15, -0.1) is 0 Å². The summed E-state index contributed by atoms with van der Waals surface area (Å²) in [5.41, 5.74) is 2.40. The summed E-state index contributed by atoms with van der Waals surface area (Å²) in [4.78, 5) is 14.3. The third-order valence-electron chi connectivity index (χ3n) is 3.73. The number of ether oxygens (including phenoxy) is 2. The standard InChI is InChI=1S/C16H23NO3/c1-4-15(16(18)17-7-9-19-10-8-17)20-14-6-5-12(2)13(3)11-14/h5-6,11,15H,4,7-10H2,1-3H3/t15-/m0/s1. The van der Waals surface area contributed by atoms with E-state index in [1.165, 1.54) is 11.1 Å². The summed E-state index contributed by atoms with van der Waals surface area (Å²) in [6.45, 7) is 8.64. The summed E-state index contributed by atoms with van der Waals surface area (Å²) in [5, 5.41) is 0. The van der Waals surface area contributed by atoms with Crippen molar-refractivity contribution in [2.45, 2.75) is 33.3 Å². The molecule has 0 radical (unpaired) electrons. The lowest BCUT2D eigenvalue weighted by Gasteiger charge is -2.30. The molecule has 4 heteroatoms. The van der Waals surface area contributed by atoms with Gasteiger partial charge >= 0.3 is 0 Å². The summed E-state index contributed by atoms with van der Waals surface area (Å²) < 4.78 is 11.2. The molecule has 1 aliphatic heterocycles. The largest absolute Gasteiger partial charge is 0.481 e. The zero-order valence-electron chi connectivity index (χ0n) is 12.5. The number of amides is 1. The van der Waals surface area contributed by atoms with Crippen LogP contribution in [0.5, 0.6) is 5.75 Å². The van der Waals surface area contributed by atoms with Crippen molar-refractivity contribution in [2.24, 2.45) is 0 Å². The van der Waals surface area contributed by atoms with Crippen LogP contribution >= 0.6 is 0 Å². The van der Waals surface area contributed by atoms with E-state index in [2.05, 4.69) is 6.92 Å². The zero-order chi connectivity index (χ0) is 14.5. The van der Waals surface area contributed by atoms with Crippen molar-refractivity contribution in [2.75, 3.05) is 26.3 Å². The van der Waals surface area contributed by atoms with Gasteiger partial charge in [0.05, 0.1) is 13.2 Å². The highest BCUT2D eigenvalue weighted by atomic mass is 16.5. The number of morpholine rings is 1. The first kappa shape index (κ1) is 14.9. The lowest BCUT2D eigenvalue weighted by molar-refractivity contribution is -0.142. The Morgan fingerprint density at radius 2 is 2.00 bits per heavy atom. The van der Waals surface area contributed by atoms with E-state index < -0.39 is 6.10 Å². The Morgan fingerprint density at radius 1 is 1.30 bits per heavy atom. The minimum Gasteiger partial charge on any atom is -0.481 e. The maximum atomic E-state index is 12.4. The Labute approximate surface area is 120 Å². The molecule has 1 fully saturated rings. The Balaban J connectivity index is 2.03. The van der Waals surface area contributed by atoms with E-state index in [1.54, 1.807) is 0 Å². The number of hydrogen-bond donors (Lipinski definition) is 0. The van der Waals surface area contributed by atoms with Crippen molar-refractivity contribution in [3.63, 3.8) is 0 Å². The number of carbonyl (C=O) groups excluding carboxylic acids is 1. The lowest BCUT2D eigenvalue weighted by Crippen LogP contribution is -2.47. The minimum absolute atomic E-state index is 0.0639. The number of hydrogen-bond acceptors (Lipinski definition) is 3. The first-order chi connectivity index (χ1) is 9.61. The van der Waals surface area contributed by atoms with Crippen LogP contribution in [0.3, 0.4) is 0 Å². The molecule has 110 valence electrons. The van der Waals surface area contributed by atoms with Gasteiger partial charge in [-0.05, 0) is 43.5 Å². The third kappa shape index (κ3) is 3.51. The van der Waals surface area contributed by atoms with Crippen LogP contribution in [0.15, 0.2) is 18.2 Å². The monoisotopic (exact) mass is 277 g/mol. The maximum Gasteiger partial charge on any atom is 0.263 e. The molecule has 1 atom stereocenters. The van der Waals surface area contributed by atoms with E-state index in [1.807, 2.05) is 36.9 Å². The van der Waals surface area contributed by atoms with Gasteiger partial charge < -0.3 is 14.4 Å². The third-order valence-corrected chi connectivity index (χ3v) is 3.73. The summed E-state index contributed by atoms with van der Waals surface area (Å²) in [5.74, 6) is 0.829. The van der Waals surface area contributed by atoms with E-state index >= 15 is 0 Å². The summed E-state index contributed by atoms with van der Waals surface area (Å²) >= 11 is 0. The molecule has 1 saturated heterocycles. The van der Waals surface area contributed by atoms with Crippen LogP contribution in [-0.2, 0) is 9.53 Å². The van der Waals surface area contributed by atoms with Gasteiger partial charge in [0.15, 0.2) is 6.10 Å². The Kier molecular flexibility index (Phi) is 5.01. The second-order valence-corrected chi connectivity index (χ2v) is 5.20. The molecular formula is C16H23NO3. The first-order valence-corrected chi connectivity index (χ1v) is 7.22. The fourth-order valence-corrected chi connectivity index (χ4v) is 2.25. The first-order valence-electron chi connectivity index (χ1n) is 7.22. The molecular weight excluding hydrogens is 254 g/mol. The van der Waals surface area contributed by atoms with Gasteiger partial charge in [-0.1, -0.05) is 13.0 Å². The molecule has 1 aromatic carbocycles. The number of benzene rings is 1. The average molecular weight is 277 g/mol. The van der Waals surface area contributed by atoms with Crippen LogP contribution in [-0.4, -0.2) is 43.2 Å². The van der Waals surface area contributed by atoms with Gasteiger partial charge in [-0.25, -0.2) is 0 Å². The zero-order valence-corrected chi connectivity index (χ0v) is 12.5. The molecule has 1 aromatic rings. The molecule has 0 aliphatic carbocycles. The molecule has 1 aliphatic rings. The quantitative estimate of drug-likeness (QED) is 0.848. The van der Waals surface area contributed by atoms with Crippen molar-refractivity contribution < 1.29 is 14.3 Å². The van der Waals surface area contributed by atoms with E-state index in [9.17, 15) is 4.79 Å². The summed E-state index contributed by atoms with van der Waals surface area (Å²) in [6, 6.07) is 5.94. The summed E-state index contributed by atoms with van der Waals surface area (Å²) in [6.07, 6.45) is 0.263. The molecule has 2 rings (SSSR count). The molecule has 1 heterocycles. The van der Waals surface area contributed by atoms with Crippen LogP contribution < -0.4 is 4.74 Å². The number of carbonyl (C=O) groups is 1. The Bertz CT molecular complexity index is 467. The van der Waals surface area contributed by atoms with Crippen molar-refractivity contribution in [3.05, 3.63) is 29.3 Å². The molecule has 0 unspecified atom stereocenters. The molecule has 1 amide bonds. The fraction of sp³-hybridized carbons (Fsp3) is 0.562. The van der Waals surface area contributed by atoms with Crippen LogP contribution in [0.1, 0.15) is 24.5 Å². The van der Waals surface area contributed by atoms with Gasteiger partial charge in [-0.2, -0.15) is 0 Å². The molecule has 0 aromatic heterocycles. The van der Waals surface area contributed by atoms with Gasteiger partial charge in [0.2, 0.25) is 0 Å². The van der Waals surface area contributed by atoms with Crippen LogP contribution in [0.25, 0.3) is 0 Å². The smallest absolute Gasteiger partial charge is 0.263 e. The predicted octanol–water partition coefficient (Wildman–Crippen LogP) is 2.32. The molecule has 0 spiro atoms.